The van der Waals surface area contributed by atoms with Gasteiger partial charge in [-0.25, -0.2) is 0 Å². The van der Waals surface area contributed by atoms with Gasteiger partial charge >= 0.3 is 5.69 Å². The van der Waals surface area contributed by atoms with E-state index >= 15 is 0 Å². The average molecular weight is 295 g/mol. The number of hydrogen-bond acceptors (Lipinski definition) is 4. The van der Waals surface area contributed by atoms with Crippen molar-refractivity contribution in [1.29, 1.82) is 0 Å². The molecule has 1 atom stereocenters. The molecule has 7 heteroatoms. The van der Waals surface area contributed by atoms with Crippen LogP contribution in [0.4, 0.5) is 10.1 Å². The highest BCUT2D eigenvalue weighted by molar-refractivity contribution is 5.94. The van der Waals surface area contributed by atoms with Gasteiger partial charge in [0.15, 0.2) is 0 Å². The quantitative estimate of drug-likeness (QED) is 0.627. The zero-order chi connectivity index (χ0) is 15.6. The Kier molecular flexibility index (Phi) is 4.52. The van der Waals surface area contributed by atoms with E-state index in [0.29, 0.717) is 12.5 Å². The molecule has 0 N–H and O–H groups in total. The Bertz CT molecular complexity index is 564. The Hall–Kier alpha value is -2.02. The summed E-state index contributed by atoms with van der Waals surface area (Å²) in [5.74, 6) is -0.898. The first-order valence-corrected chi connectivity index (χ1v) is 6.76. The third-order valence-corrected chi connectivity index (χ3v) is 3.76. The predicted molar refractivity (Wildman–Crippen MR) is 75.6 cm³/mol. The smallest absolute Gasteiger partial charge is 0.304 e. The van der Waals surface area contributed by atoms with Crippen molar-refractivity contribution in [2.75, 3.05) is 33.7 Å². The van der Waals surface area contributed by atoms with Crippen LogP contribution in [0.25, 0.3) is 0 Å². The van der Waals surface area contributed by atoms with Gasteiger partial charge < -0.3 is 9.80 Å². The number of nitro benzene ring substituents is 1. The Morgan fingerprint density at radius 1 is 1.57 bits per heavy atom. The zero-order valence-corrected chi connectivity index (χ0v) is 12.1. The highest BCUT2D eigenvalue weighted by Crippen LogP contribution is 2.20. The van der Waals surface area contributed by atoms with E-state index in [1.165, 1.54) is 6.07 Å². The molecule has 0 bridgehead atoms. The van der Waals surface area contributed by atoms with E-state index in [4.69, 9.17) is 0 Å². The molecule has 1 heterocycles. The first-order valence-electron chi connectivity index (χ1n) is 6.76. The van der Waals surface area contributed by atoms with Crippen LogP contribution in [0.2, 0.25) is 0 Å². The van der Waals surface area contributed by atoms with E-state index in [9.17, 15) is 19.3 Å². The molecule has 114 valence electrons. The predicted octanol–water partition coefficient (Wildman–Crippen LogP) is 1.76. The molecule has 0 spiro atoms. The van der Waals surface area contributed by atoms with Gasteiger partial charge in [0, 0.05) is 31.8 Å². The molecule has 6 nitrogen and oxygen atoms in total. The van der Waals surface area contributed by atoms with Crippen molar-refractivity contribution in [2.24, 2.45) is 5.92 Å². The second-order valence-corrected chi connectivity index (χ2v) is 5.53. The molecule has 21 heavy (non-hydrogen) atoms. The van der Waals surface area contributed by atoms with Crippen molar-refractivity contribution in [2.45, 2.75) is 6.42 Å². The van der Waals surface area contributed by atoms with Crippen LogP contribution in [0.1, 0.15) is 16.8 Å². The molecule has 1 aliphatic rings. The van der Waals surface area contributed by atoms with Crippen LogP contribution >= 0.6 is 0 Å². The summed E-state index contributed by atoms with van der Waals surface area (Å²) in [6, 6.07) is 3.25. The van der Waals surface area contributed by atoms with Gasteiger partial charge in [0.2, 0.25) is 5.82 Å². The van der Waals surface area contributed by atoms with Crippen molar-refractivity contribution < 1.29 is 14.1 Å². The maximum Gasteiger partial charge on any atom is 0.304 e. The molecular formula is C14H18FN3O3. The largest absolute Gasteiger partial charge is 0.341 e. The third kappa shape index (κ3) is 3.55. The lowest BCUT2D eigenvalue weighted by atomic mass is 10.1. The molecule has 2 rings (SSSR count). The van der Waals surface area contributed by atoms with Crippen molar-refractivity contribution in [3.8, 4) is 0 Å². The van der Waals surface area contributed by atoms with Crippen LogP contribution in [0.5, 0.6) is 0 Å². The molecule has 1 aliphatic heterocycles. The lowest BCUT2D eigenvalue weighted by Gasteiger charge is -2.21. The third-order valence-electron chi connectivity index (χ3n) is 3.76. The Balaban J connectivity index is 2.05. The van der Waals surface area contributed by atoms with Crippen LogP contribution < -0.4 is 0 Å². The van der Waals surface area contributed by atoms with Crippen molar-refractivity contribution >= 4 is 11.6 Å². The summed E-state index contributed by atoms with van der Waals surface area (Å²) < 4.78 is 13.6. The van der Waals surface area contributed by atoms with Crippen LogP contribution in [-0.4, -0.2) is 54.4 Å². The number of nitrogens with zero attached hydrogens (tertiary/aromatic N) is 3. The molecule has 1 unspecified atom stereocenters. The number of likely N-dealkylation sites (tertiary alicyclic amines) is 1. The molecule has 1 aromatic rings. The van der Waals surface area contributed by atoms with E-state index in [-0.39, 0.29) is 11.5 Å². The van der Waals surface area contributed by atoms with Crippen molar-refractivity contribution in [1.82, 2.24) is 9.80 Å². The maximum atomic E-state index is 13.6. The summed E-state index contributed by atoms with van der Waals surface area (Å²) in [6.07, 6.45) is 1.03. The minimum absolute atomic E-state index is 0.131. The van der Waals surface area contributed by atoms with Crippen LogP contribution in [0, 0.1) is 21.8 Å². The summed E-state index contributed by atoms with van der Waals surface area (Å²) in [5.41, 5.74) is -0.487. The van der Waals surface area contributed by atoms with Gasteiger partial charge in [-0.3, -0.25) is 14.9 Å². The molecule has 0 aromatic heterocycles. The van der Waals surface area contributed by atoms with Gasteiger partial charge in [0.25, 0.3) is 5.91 Å². The summed E-state index contributed by atoms with van der Waals surface area (Å²) in [6.45, 7) is 2.55. The van der Waals surface area contributed by atoms with E-state index in [1.54, 1.807) is 11.9 Å². The van der Waals surface area contributed by atoms with Gasteiger partial charge in [-0.05, 0) is 38.1 Å². The first-order chi connectivity index (χ1) is 9.88. The normalized spacial score (nSPS) is 18.7. The number of amides is 1. The SMILES string of the molecule is CN1CCC(CN(C)C(=O)c2ccc([N+](=O)[O-])c(F)c2)C1. The molecule has 1 fully saturated rings. The fourth-order valence-electron chi connectivity index (χ4n) is 2.65. The highest BCUT2D eigenvalue weighted by atomic mass is 19.1. The summed E-state index contributed by atoms with van der Waals surface area (Å²) >= 11 is 0. The number of halogens is 1. The lowest BCUT2D eigenvalue weighted by Crippen LogP contribution is -2.32. The van der Waals surface area contributed by atoms with Gasteiger partial charge in [-0.1, -0.05) is 0 Å². The number of carbonyl (C=O) groups is 1. The highest BCUT2D eigenvalue weighted by Gasteiger charge is 2.24. The number of benzene rings is 1. The zero-order valence-electron chi connectivity index (χ0n) is 12.1. The second-order valence-electron chi connectivity index (χ2n) is 5.53. The summed E-state index contributed by atoms with van der Waals surface area (Å²) in [7, 11) is 3.70. The minimum atomic E-state index is -0.986. The molecule has 1 aromatic carbocycles. The first kappa shape index (κ1) is 15.4. The molecule has 0 saturated carbocycles. The van der Waals surface area contributed by atoms with E-state index < -0.39 is 16.4 Å². The maximum absolute atomic E-state index is 13.6. The minimum Gasteiger partial charge on any atom is -0.341 e. The molecule has 1 saturated heterocycles. The van der Waals surface area contributed by atoms with Crippen LogP contribution in [0.15, 0.2) is 18.2 Å². The fraction of sp³-hybridized carbons (Fsp3) is 0.500. The summed E-state index contributed by atoms with van der Waals surface area (Å²) in [4.78, 5) is 25.7. The van der Waals surface area contributed by atoms with Gasteiger partial charge in [0.1, 0.15) is 0 Å². The number of nitro groups is 1. The molecule has 0 radical (unpaired) electrons. The van der Waals surface area contributed by atoms with Crippen molar-refractivity contribution in [3.63, 3.8) is 0 Å². The fourth-order valence-corrected chi connectivity index (χ4v) is 2.65. The van der Waals surface area contributed by atoms with Crippen LogP contribution in [-0.2, 0) is 0 Å². The Morgan fingerprint density at radius 2 is 2.29 bits per heavy atom. The van der Waals surface area contributed by atoms with Gasteiger partial charge in [-0.15, -0.1) is 0 Å². The monoisotopic (exact) mass is 295 g/mol. The van der Waals surface area contributed by atoms with E-state index in [0.717, 1.165) is 31.6 Å². The Labute approximate surface area is 122 Å². The topological polar surface area (TPSA) is 66.7 Å². The van der Waals surface area contributed by atoms with Gasteiger partial charge in [-0.2, -0.15) is 4.39 Å². The molecular weight excluding hydrogens is 277 g/mol. The number of carbonyl (C=O) groups excluding carboxylic acids is 1. The Morgan fingerprint density at radius 3 is 2.81 bits per heavy atom. The average Bonchev–Trinajstić information content (AvgIpc) is 2.82. The van der Waals surface area contributed by atoms with Crippen LogP contribution in [0.3, 0.4) is 0 Å². The second kappa shape index (κ2) is 6.17. The molecule has 1 amide bonds. The standard InChI is InChI=1S/C14H18FN3O3/c1-16-6-5-10(8-16)9-17(2)14(19)11-3-4-13(18(20)21)12(15)7-11/h3-4,7,10H,5-6,8-9H2,1-2H3. The number of rotatable bonds is 4. The number of hydrogen-bond donors (Lipinski definition) is 0. The summed E-state index contributed by atoms with van der Waals surface area (Å²) in [5, 5.41) is 10.6. The van der Waals surface area contributed by atoms with E-state index in [1.807, 2.05) is 7.05 Å². The molecule has 0 aliphatic carbocycles. The van der Waals surface area contributed by atoms with E-state index in [2.05, 4.69) is 4.90 Å². The lowest BCUT2D eigenvalue weighted by molar-refractivity contribution is -0.387. The van der Waals surface area contributed by atoms with Gasteiger partial charge in [0.05, 0.1) is 4.92 Å². The van der Waals surface area contributed by atoms with Crippen molar-refractivity contribution in [3.05, 3.63) is 39.7 Å².